The van der Waals surface area contributed by atoms with Crippen molar-refractivity contribution in [1.29, 1.82) is 0 Å². The molecule has 0 spiro atoms. The Balaban J connectivity index is 1.44. The van der Waals surface area contributed by atoms with Gasteiger partial charge in [0.1, 0.15) is 5.75 Å². The summed E-state index contributed by atoms with van der Waals surface area (Å²) in [5.41, 5.74) is 10.9. The number of ether oxygens (including phenoxy) is 3. The van der Waals surface area contributed by atoms with Crippen LogP contribution in [0.15, 0.2) is 42.5 Å². The van der Waals surface area contributed by atoms with Crippen LogP contribution in [0.1, 0.15) is 72.5 Å². The Kier molecular flexibility index (Phi) is 6.99. The van der Waals surface area contributed by atoms with Crippen molar-refractivity contribution in [1.82, 2.24) is 0 Å². The van der Waals surface area contributed by atoms with Crippen LogP contribution in [0.2, 0.25) is 0 Å². The smallest absolute Gasteiger partial charge is 0.248 e. The van der Waals surface area contributed by atoms with Crippen molar-refractivity contribution in [2.24, 2.45) is 23.5 Å². The largest absolute Gasteiger partial charge is 0.467 e. The third kappa shape index (κ3) is 5.17. The average Bonchev–Trinajstić information content (AvgIpc) is 2.83. The molecule has 0 atom stereocenters. The van der Waals surface area contributed by atoms with Gasteiger partial charge < -0.3 is 19.9 Å². The van der Waals surface area contributed by atoms with Crippen molar-refractivity contribution in [2.75, 3.05) is 27.1 Å². The van der Waals surface area contributed by atoms with Gasteiger partial charge in [-0.25, -0.2) is 0 Å². The molecule has 0 unspecified atom stereocenters. The lowest BCUT2D eigenvalue weighted by Crippen LogP contribution is -2.48. The van der Waals surface area contributed by atoms with Crippen LogP contribution in [0.3, 0.4) is 0 Å². The summed E-state index contributed by atoms with van der Waals surface area (Å²) >= 11 is 0. The van der Waals surface area contributed by atoms with Crippen LogP contribution in [-0.2, 0) is 14.9 Å². The summed E-state index contributed by atoms with van der Waals surface area (Å²) in [5, 5.41) is 0. The molecule has 186 valence electrons. The van der Waals surface area contributed by atoms with Gasteiger partial charge in [-0.1, -0.05) is 24.3 Å². The van der Waals surface area contributed by atoms with E-state index in [0.717, 1.165) is 29.1 Å². The van der Waals surface area contributed by atoms with Crippen molar-refractivity contribution >= 4 is 17.6 Å². The first kappa shape index (κ1) is 24.1. The molecule has 5 heteroatoms. The molecule has 4 aliphatic carbocycles. The van der Waals surface area contributed by atoms with Crippen LogP contribution in [-0.4, -0.2) is 33.0 Å². The third-order valence-corrected chi connectivity index (χ3v) is 8.35. The second-order valence-electron chi connectivity index (χ2n) is 10.9. The molecule has 4 aliphatic rings. The number of methoxy groups -OCH3 is 1. The highest BCUT2D eigenvalue weighted by Gasteiger charge is 2.52. The van der Waals surface area contributed by atoms with Crippen LogP contribution >= 0.6 is 0 Å². The van der Waals surface area contributed by atoms with E-state index < -0.39 is 5.91 Å². The zero-order valence-electron chi connectivity index (χ0n) is 20.9. The Morgan fingerprint density at radius 1 is 0.971 bits per heavy atom. The molecule has 2 aromatic carbocycles. The summed E-state index contributed by atoms with van der Waals surface area (Å²) < 4.78 is 16.9. The topological polar surface area (TPSA) is 70.8 Å². The van der Waals surface area contributed by atoms with Crippen molar-refractivity contribution in [2.45, 2.75) is 50.9 Å². The van der Waals surface area contributed by atoms with Gasteiger partial charge in [-0.15, -0.1) is 0 Å². The van der Waals surface area contributed by atoms with Crippen molar-refractivity contribution in [3.05, 3.63) is 64.7 Å². The molecule has 0 radical (unpaired) electrons. The van der Waals surface area contributed by atoms with Gasteiger partial charge in [0.25, 0.3) is 0 Å². The third-order valence-electron chi connectivity index (χ3n) is 8.35. The minimum atomic E-state index is -0.403. The molecule has 0 saturated heterocycles. The van der Waals surface area contributed by atoms with Gasteiger partial charge in [-0.2, -0.15) is 0 Å². The van der Waals surface area contributed by atoms with Crippen LogP contribution in [0.4, 0.5) is 0 Å². The second kappa shape index (κ2) is 10.2. The van der Waals surface area contributed by atoms with Crippen molar-refractivity contribution < 1.29 is 19.0 Å². The highest BCUT2D eigenvalue weighted by atomic mass is 16.7. The molecular weight excluding hydrogens is 438 g/mol. The summed E-state index contributed by atoms with van der Waals surface area (Å²) in [6, 6.07) is 14.1. The van der Waals surface area contributed by atoms with Crippen LogP contribution in [0.5, 0.6) is 5.75 Å². The van der Waals surface area contributed by atoms with Gasteiger partial charge in [-0.3, -0.25) is 4.79 Å². The van der Waals surface area contributed by atoms with Crippen LogP contribution < -0.4 is 10.5 Å². The van der Waals surface area contributed by atoms with Gasteiger partial charge in [0, 0.05) is 18.2 Å². The fraction of sp³-hybridized carbons (Fsp3) is 0.500. The van der Waals surface area contributed by atoms with Crippen molar-refractivity contribution in [3.8, 4) is 5.75 Å². The summed E-state index contributed by atoms with van der Waals surface area (Å²) in [7, 11) is 1.68. The quantitative estimate of drug-likeness (QED) is 0.267. The first-order chi connectivity index (χ1) is 17.0. The lowest BCUT2D eigenvalue weighted by Gasteiger charge is -2.57. The monoisotopic (exact) mass is 475 g/mol. The minimum Gasteiger partial charge on any atom is -0.467 e. The number of carbonyl (C=O) groups excluding carboxylic acids is 1. The van der Waals surface area contributed by atoms with E-state index in [1.807, 2.05) is 12.1 Å². The fourth-order valence-corrected chi connectivity index (χ4v) is 7.14. The van der Waals surface area contributed by atoms with Crippen LogP contribution in [0.25, 0.3) is 11.6 Å². The molecule has 0 aliphatic heterocycles. The number of hydrogen-bond donors (Lipinski definition) is 1. The van der Waals surface area contributed by atoms with E-state index in [9.17, 15) is 4.79 Å². The molecule has 2 aromatic rings. The standard InChI is InChI=1S/C30H37NO4/c1-20(11-21-3-5-25(6-4-21)29(31)32)26-7-8-28(35-19-34-10-9-33-2)27(15-26)30-16-22-12-23(17-30)14-24(13-22)18-30/h3-8,11,15,22-24H,9-10,12-14,16-19H2,1-2H3,(H2,31,32). The van der Waals surface area contributed by atoms with Gasteiger partial charge in [0.05, 0.1) is 13.2 Å². The molecule has 2 N–H and O–H groups in total. The zero-order valence-corrected chi connectivity index (χ0v) is 20.9. The van der Waals surface area contributed by atoms with Gasteiger partial charge >= 0.3 is 0 Å². The maximum absolute atomic E-state index is 11.4. The molecule has 4 saturated carbocycles. The van der Waals surface area contributed by atoms with Gasteiger partial charge in [-0.05, 0) is 110 Å². The maximum Gasteiger partial charge on any atom is 0.248 e. The normalized spacial score (nSPS) is 27.3. The fourth-order valence-electron chi connectivity index (χ4n) is 7.14. The summed E-state index contributed by atoms with van der Waals surface area (Å²) in [6.45, 7) is 3.48. The van der Waals surface area contributed by atoms with Crippen molar-refractivity contribution in [3.63, 3.8) is 0 Å². The predicted octanol–water partition coefficient (Wildman–Crippen LogP) is 5.81. The Hall–Kier alpha value is -2.63. The first-order valence-electron chi connectivity index (χ1n) is 12.9. The van der Waals surface area contributed by atoms with E-state index >= 15 is 0 Å². The molecule has 6 rings (SSSR count). The Morgan fingerprint density at radius 2 is 1.60 bits per heavy atom. The Bertz CT molecular complexity index is 1050. The van der Waals surface area contributed by atoms with Gasteiger partial charge in [0.2, 0.25) is 5.91 Å². The van der Waals surface area contributed by atoms with Gasteiger partial charge in [0.15, 0.2) is 6.79 Å². The highest BCUT2D eigenvalue weighted by molar-refractivity contribution is 5.93. The lowest BCUT2D eigenvalue weighted by molar-refractivity contribution is -0.0189. The van der Waals surface area contributed by atoms with E-state index in [1.54, 1.807) is 19.2 Å². The number of amides is 1. The number of nitrogens with two attached hydrogens (primary N) is 1. The predicted molar refractivity (Wildman–Crippen MR) is 138 cm³/mol. The molecule has 4 fully saturated rings. The number of rotatable bonds is 10. The number of allylic oxidation sites excluding steroid dienone is 1. The summed E-state index contributed by atoms with van der Waals surface area (Å²) in [4.78, 5) is 11.4. The maximum atomic E-state index is 11.4. The number of benzene rings is 2. The summed E-state index contributed by atoms with van der Waals surface area (Å²) in [6.07, 6.45) is 10.2. The SMILES string of the molecule is COCCOCOc1ccc(C(C)=Cc2ccc(C(N)=O)cc2)cc1C12CC3CC(CC(C3)C1)C2. The molecule has 35 heavy (non-hydrogen) atoms. The highest BCUT2D eigenvalue weighted by Crippen LogP contribution is 2.62. The Labute approximate surface area is 208 Å². The minimum absolute atomic E-state index is 0.218. The zero-order chi connectivity index (χ0) is 24.4. The molecular formula is C30H37NO4. The molecule has 0 heterocycles. The molecule has 4 bridgehead atoms. The lowest BCUT2D eigenvalue weighted by atomic mass is 9.48. The van der Waals surface area contributed by atoms with E-state index in [-0.39, 0.29) is 12.2 Å². The first-order valence-corrected chi connectivity index (χ1v) is 12.9. The van der Waals surface area contributed by atoms with E-state index in [2.05, 4.69) is 31.2 Å². The summed E-state index contributed by atoms with van der Waals surface area (Å²) in [5.74, 6) is 3.13. The average molecular weight is 476 g/mol. The van der Waals surface area contributed by atoms with E-state index in [1.165, 1.54) is 55.2 Å². The molecule has 0 aromatic heterocycles. The number of primary amides is 1. The van der Waals surface area contributed by atoms with E-state index in [0.29, 0.717) is 18.8 Å². The van der Waals surface area contributed by atoms with E-state index in [4.69, 9.17) is 19.9 Å². The number of carbonyl (C=O) groups is 1. The van der Waals surface area contributed by atoms with Crippen LogP contribution in [0, 0.1) is 17.8 Å². The second-order valence-corrected chi connectivity index (χ2v) is 10.9. The Morgan fingerprint density at radius 3 is 2.20 bits per heavy atom. The molecule has 5 nitrogen and oxygen atoms in total. The molecule has 1 amide bonds. The number of hydrogen-bond acceptors (Lipinski definition) is 4.